The summed E-state index contributed by atoms with van der Waals surface area (Å²) in [5.74, 6) is -0.974. The summed E-state index contributed by atoms with van der Waals surface area (Å²) in [6, 6.07) is 12.5. The normalized spacial score (nSPS) is 9.85. The van der Waals surface area contributed by atoms with E-state index in [4.69, 9.17) is 11.0 Å². The molecule has 0 unspecified atom stereocenters. The highest BCUT2D eigenvalue weighted by molar-refractivity contribution is 6.05. The number of nitrogen functional groups attached to an aromatic ring is 1. The van der Waals surface area contributed by atoms with Crippen molar-refractivity contribution >= 4 is 17.3 Å². The molecule has 0 aliphatic heterocycles. The van der Waals surface area contributed by atoms with E-state index in [1.54, 1.807) is 31.3 Å². The van der Waals surface area contributed by atoms with Gasteiger partial charge in [0.15, 0.2) is 0 Å². The molecule has 0 aliphatic rings. The Morgan fingerprint density at radius 1 is 1.25 bits per heavy atom. The monoisotopic (exact) mass is 269 g/mol. The van der Waals surface area contributed by atoms with E-state index >= 15 is 0 Å². The maximum absolute atomic E-state index is 13.4. The van der Waals surface area contributed by atoms with Crippen molar-refractivity contribution in [3.05, 3.63) is 59.4 Å². The minimum absolute atomic E-state index is 0.00239. The highest BCUT2D eigenvalue weighted by atomic mass is 19.1. The van der Waals surface area contributed by atoms with Gasteiger partial charge in [0.2, 0.25) is 0 Å². The molecule has 0 radical (unpaired) electrons. The number of hydrogen-bond acceptors (Lipinski definition) is 3. The van der Waals surface area contributed by atoms with Crippen molar-refractivity contribution in [2.24, 2.45) is 0 Å². The molecule has 0 saturated carbocycles. The minimum atomic E-state index is -0.621. The smallest absolute Gasteiger partial charge is 0.258 e. The fraction of sp³-hybridized carbons (Fsp3) is 0.0667. The van der Waals surface area contributed by atoms with Gasteiger partial charge in [-0.25, -0.2) is 4.39 Å². The number of nitriles is 1. The van der Waals surface area contributed by atoms with E-state index in [1.165, 1.54) is 17.0 Å². The van der Waals surface area contributed by atoms with Crippen LogP contribution >= 0.6 is 0 Å². The van der Waals surface area contributed by atoms with Crippen LogP contribution in [0.4, 0.5) is 15.8 Å². The van der Waals surface area contributed by atoms with Crippen LogP contribution in [0, 0.1) is 17.1 Å². The Morgan fingerprint density at radius 2 is 1.90 bits per heavy atom. The van der Waals surface area contributed by atoms with Gasteiger partial charge in [-0.3, -0.25) is 4.79 Å². The van der Waals surface area contributed by atoms with Crippen LogP contribution in [0.3, 0.4) is 0 Å². The maximum Gasteiger partial charge on any atom is 0.258 e. The molecule has 0 fully saturated rings. The van der Waals surface area contributed by atoms with Crippen molar-refractivity contribution < 1.29 is 9.18 Å². The lowest BCUT2D eigenvalue weighted by atomic mass is 10.1. The summed E-state index contributed by atoms with van der Waals surface area (Å²) < 4.78 is 13.4. The van der Waals surface area contributed by atoms with Crippen LogP contribution in [0.15, 0.2) is 42.5 Å². The molecule has 0 aromatic heterocycles. The third kappa shape index (κ3) is 2.59. The Kier molecular flexibility index (Phi) is 3.67. The lowest BCUT2D eigenvalue weighted by molar-refractivity contribution is 0.0992. The zero-order valence-electron chi connectivity index (χ0n) is 10.8. The molecule has 0 saturated heterocycles. The lowest BCUT2D eigenvalue weighted by Crippen LogP contribution is -2.26. The van der Waals surface area contributed by atoms with Gasteiger partial charge in [0.25, 0.3) is 5.91 Å². The second-order valence-electron chi connectivity index (χ2n) is 4.26. The van der Waals surface area contributed by atoms with E-state index < -0.39 is 5.82 Å². The van der Waals surface area contributed by atoms with Crippen molar-refractivity contribution in [2.75, 3.05) is 17.7 Å². The molecule has 2 aromatic rings. The summed E-state index contributed by atoms with van der Waals surface area (Å²) in [5.41, 5.74) is 6.72. The van der Waals surface area contributed by atoms with Crippen molar-refractivity contribution in [1.29, 1.82) is 5.26 Å². The molecule has 4 nitrogen and oxygen atoms in total. The highest BCUT2D eigenvalue weighted by Crippen LogP contribution is 2.18. The summed E-state index contributed by atoms with van der Waals surface area (Å²) in [5, 5.41) is 8.73. The number of nitrogens with two attached hydrogens (primary N) is 1. The molecule has 0 aliphatic carbocycles. The van der Waals surface area contributed by atoms with E-state index in [1.807, 2.05) is 6.07 Å². The van der Waals surface area contributed by atoms with Gasteiger partial charge in [-0.1, -0.05) is 0 Å². The van der Waals surface area contributed by atoms with Crippen LogP contribution in [0.5, 0.6) is 0 Å². The average Bonchev–Trinajstić information content (AvgIpc) is 2.48. The van der Waals surface area contributed by atoms with E-state index in [0.717, 1.165) is 6.07 Å². The maximum atomic E-state index is 13.4. The second kappa shape index (κ2) is 5.41. The molecule has 0 atom stereocenters. The minimum Gasteiger partial charge on any atom is -0.396 e. The number of rotatable bonds is 2. The quantitative estimate of drug-likeness (QED) is 0.852. The van der Waals surface area contributed by atoms with Gasteiger partial charge in [-0.15, -0.1) is 0 Å². The van der Waals surface area contributed by atoms with E-state index in [2.05, 4.69) is 0 Å². The van der Waals surface area contributed by atoms with Crippen molar-refractivity contribution in [3.8, 4) is 6.07 Å². The van der Waals surface area contributed by atoms with Crippen molar-refractivity contribution in [3.63, 3.8) is 0 Å². The molecule has 20 heavy (non-hydrogen) atoms. The molecule has 2 rings (SSSR count). The molecule has 1 amide bonds. The van der Waals surface area contributed by atoms with Crippen molar-refractivity contribution in [1.82, 2.24) is 0 Å². The molecule has 100 valence electrons. The summed E-state index contributed by atoms with van der Waals surface area (Å²) in [7, 11) is 1.58. The van der Waals surface area contributed by atoms with E-state index in [9.17, 15) is 9.18 Å². The van der Waals surface area contributed by atoms with Gasteiger partial charge in [-0.05, 0) is 42.5 Å². The van der Waals surface area contributed by atoms with Crippen molar-refractivity contribution in [2.45, 2.75) is 0 Å². The van der Waals surface area contributed by atoms with E-state index in [0.29, 0.717) is 11.3 Å². The Labute approximate surface area is 115 Å². The number of carbonyl (C=O) groups excluding carboxylic acids is 1. The standard InChI is InChI=1S/C15H12FN3O/c1-19(12-5-2-10(9-17)3-6-12)15(20)11-4-7-14(18)13(16)8-11/h2-8H,18H2,1H3. The molecule has 2 aromatic carbocycles. The Morgan fingerprint density at radius 3 is 2.45 bits per heavy atom. The van der Waals surface area contributed by atoms with Crippen LogP contribution in [-0.4, -0.2) is 13.0 Å². The van der Waals surface area contributed by atoms with Crippen LogP contribution in [0.25, 0.3) is 0 Å². The number of carbonyl (C=O) groups is 1. The van der Waals surface area contributed by atoms with Crippen LogP contribution in [-0.2, 0) is 0 Å². The molecule has 0 spiro atoms. The number of nitrogens with zero attached hydrogens (tertiary/aromatic N) is 2. The van der Waals surface area contributed by atoms with Gasteiger partial charge in [0.1, 0.15) is 5.82 Å². The fourth-order valence-electron chi connectivity index (χ4n) is 1.73. The summed E-state index contributed by atoms with van der Waals surface area (Å²) in [4.78, 5) is 13.6. The number of anilines is 2. The first-order valence-corrected chi connectivity index (χ1v) is 5.86. The number of hydrogen-bond donors (Lipinski definition) is 1. The van der Waals surface area contributed by atoms with Crippen LogP contribution in [0.2, 0.25) is 0 Å². The molecule has 5 heteroatoms. The molecule has 0 bridgehead atoms. The predicted molar refractivity (Wildman–Crippen MR) is 74.7 cm³/mol. The third-order valence-corrected chi connectivity index (χ3v) is 2.94. The largest absolute Gasteiger partial charge is 0.396 e. The molecule has 2 N–H and O–H groups in total. The summed E-state index contributed by atoms with van der Waals surface area (Å²) in [6.45, 7) is 0. The average molecular weight is 269 g/mol. The lowest BCUT2D eigenvalue weighted by Gasteiger charge is -2.17. The van der Waals surface area contributed by atoms with Gasteiger partial charge >= 0.3 is 0 Å². The zero-order chi connectivity index (χ0) is 14.7. The summed E-state index contributed by atoms with van der Waals surface area (Å²) in [6.07, 6.45) is 0. The van der Waals surface area contributed by atoms with Crippen LogP contribution in [0.1, 0.15) is 15.9 Å². The first-order valence-electron chi connectivity index (χ1n) is 5.86. The first kappa shape index (κ1) is 13.6. The number of halogens is 1. The molecular weight excluding hydrogens is 257 g/mol. The van der Waals surface area contributed by atoms with Gasteiger partial charge in [0, 0.05) is 18.3 Å². The number of amides is 1. The highest BCUT2D eigenvalue weighted by Gasteiger charge is 2.14. The topological polar surface area (TPSA) is 70.1 Å². The molecule has 0 heterocycles. The Balaban J connectivity index is 2.27. The SMILES string of the molecule is CN(C(=O)c1ccc(N)c(F)c1)c1ccc(C#N)cc1. The zero-order valence-corrected chi connectivity index (χ0v) is 10.8. The fourth-order valence-corrected chi connectivity index (χ4v) is 1.73. The van der Waals surface area contributed by atoms with Gasteiger partial charge < -0.3 is 10.6 Å². The first-order chi connectivity index (χ1) is 9.52. The summed E-state index contributed by atoms with van der Waals surface area (Å²) >= 11 is 0. The van der Waals surface area contributed by atoms with Gasteiger partial charge in [0.05, 0.1) is 17.3 Å². The third-order valence-electron chi connectivity index (χ3n) is 2.94. The molecular formula is C15H12FN3O. The second-order valence-corrected chi connectivity index (χ2v) is 4.26. The van der Waals surface area contributed by atoms with Gasteiger partial charge in [-0.2, -0.15) is 5.26 Å². The van der Waals surface area contributed by atoms with E-state index in [-0.39, 0.29) is 17.2 Å². The Hall–Kier alpha value is -2.87. The van der Waals surface area contributed by atoms with Crippen LogP contribution < -0.4 is 10.6 Å². The predicted octanol–water partition coefficient (Wildman–Crippen LogP) is 2.56. The Bertz CT molecular complexity index is 689. The number of benzene rings is 2.